The van der Waals surface area contributed by atoms with Gasteiger partial charge >= 0.3 is 5.97 Å². The van der Waals surface area contributed by atoms with Crippen molar-refractivity contribution in [1.82, 2.24) is 4.98 Å². The molecule has 4 rings (SSSR count). The molecule has 0 saturated carbocycles. The molecule has 0 saturated heterocycles. The molecule has 0 amide bonds. The van der Waals surface area contributed by atoms with E-state index in [2.05, 4.69) is 40.4 Å². The second kappa shape index (κ2) is 13.9. The van der Waals surface area contributed by atoms with Crippen molar-refractivity contribution in [2.24, 2.45) is 0 Å². The molecule has 0 aliphatic rings. The first-order chi connectivity index (χ1) is 19.4. The number of nitrogens with zero attached hydrogens (tertiary/aromatic N) is 1. The number of carbonyl (C=O) groups is 1. The Morgan fingerprint density at radius 3 is 2.65 bits per heavy atom. The maximum Gasteiger partial charge on any atom is 0.307 e. The fourth-order valence-corrected chi connectivity index (χ4v) is 5.24. The van der Waals surface area contributed by atoms with E-state index in [1.54, 1.807) is 37.4 Å². The highest BCUT2D eigenvalue weighted by Gasteiger charge is 2.16. The Bertz CT molecular complexity index is 1500. The van der Waals surface area contributed by atoms with Crippen molar-refractivity contribution in [2.45, 2.75) is 45.8 Å². The maximum atomic E-state index is 12.0. The number of aliphatic hydroxyl groups excluding tert-OH is 2. The van der Waals surface area contributed by atoms with E-state index in [0.29, 0.717) is 24.8 Å². The molecule has 2 aromatic heterocycles. The van der Waals surface area contributed by atoms with Crippen LogP contribution in [0.5, 0.6) is 11.6 Å². The van der Waals surface area contributed by atoms with Gasteiger partial charge in [0, 0.05) is 27.9 Å². The summed E-state index contributed by atoms with van der Waals surface area (Å²) < 4.78 is 17.8. The molecule has 0 fully saturated rings. The Kier molecular flexibility index (Phi) is 10.1. The first kappa shape index (κ1) is 29.1. The highest BCUT2D eigenvalue weighted by molar-refractivity contribution is 7.17. The lowest BCUT2D eigenvalue weighted by molar-refractivity contribution is -0.143. The van der Waals surface area contributed by atoms with Crippen molar-refractivity contribution in [1.29, 1.82) is 0 Å². The third kappa shape index (κ3) is 7.39. The summed E-state index contributed by atoms with van der Waals surface area (Å²) in [5, 5.41) is 21.8. The molecule has 0 aliphatic heterocycles. The lowest BCUT2D eigenvalue weighted by Crippen LogP contribution is -2.21. The monoisotopic (exact) mass is 559 g/mol. The van der Waals surface area contributed by atoms with Gasteiger partial charge < -0.3 is 24.4 Å². The fraction of sp³-hybridized carbons (Fsp3) is 0.312. The summed E-state index contributed by atoms with van der Waals surface area (Å²) in [6.07, 6.45) is 0.977. The standard InChI is InChI=1S/C32H33NO6S/c1-4-6-23(15-32(36)37-5-2)24-8-12-31(33-16-24)39-18-22-7-11-30-28(14-22)29(20-40-30)27-10-9-26(13-21(27)3)38-19-25(35)17-34/h7-14,16,20,23,25,34-35H,5,15,17-19H2,1-3H3/t23?,25-/m0/s1. The zero-order chi connectivity index (χ0) is 28.5. The number of aromatic nitrogens is 1. The molecule has 2 aromatic carbocycles. The van der Waals surface area contributed by atoms with Crippen LogP contribution in [0.3, 0.4) is 0 Å². The number of rotatable bonds is 12. The van der Waals surface area contributed by atoms with Crippen LogP contribution in [0.15, 0.2) is 60.1 Å². The Labute approximate surface area is 238 Å². The summed E-state index contributed by atoms with van der Waals surface area (Å²) in [6, 6.07) is 15.8. The Balaban J connectivity index is 1.45. The molecular formula is C32H33NO6S. The smallest absolute Gasteiger partial charge is 0.307 e. The number of pyridine rings is 1. The maximum absolute atomic E-state index is 12.0. The van der Waals surface area contributed by atoms with Gasteiger partial charge in [-0.3, -0.25) is 4.79 Å². The van der Waals surface area contributed by atoms with E-state index in [0.717, 1.165) is 33.2 Å². The van der Waals surface area contributed by atoms with Gasteiger partial charge in [-0.15, -0.1) is 17.3 Å². The molecule has 1 unspecified atom stereocenters. The molecule has 2 atom stereocenters. The van der Waals surface area contributed by atoms with Crippen LogP contribution in [0.25, 0.3) is 21.2 Å². The summed E-state index contributed by atoms with van der Waals surface area (Å²) in [7, 11) is 0. The predicted octanol–water partition coefficient (Wildman–Crippen LogP) is 5.64. The molecular weight excluding hydrogens is 526 g/mol. The molecule has 0 aliphatic carbocycles. The van der Waals surface area contributed by atoms with Gasteiger partial charge in [0.05, 0.1) is 25.6 Å². The molecule has 2 heterocycles. The van der Waals surface area contributed by atoms with E-state index in [-0.39, 0.29) is 31.5 Å². The Morgan fingerprint density at radius 1 is 1.10 bits per heavy atom. The van der Waals surface area contributed by atoms with Crippen LogP contribution in [0, 0.1) is 18.8 Å². The zero-order valence-corrected chi connectivity index (χ0v) is 23.7. The number of ether oxygens (including phenoxy) is 3. The van der Waals surface area contributed by atoms with E-state index in [9.17, 15) is 9.90 Å². The van der Waals surface area contributed by atoms with Gasteiger partial charge in [-0.1, -0.05) is 24.1 Å². The number of hydrogen-bond acceptors (Lipinski definition) is 8. The van der Waals surface area contributed by atoms with Crippen LogP contribution >= 0.6 is 11.3 Å². The summed E-state index contributed by atoms with van der Waals surface area (Å²) in [4.78, 5) is 16.4. The minimum atomic E-state index is -0.904. The molecule has 2 N–H and O–H groups in total. The second-order valence-electron chi connectivity index (χ2n) is 9.28. The average molecular weight is 560 g/mol. The molecule has 208 valence electrons. The molecule has 0 radical (unpaired) electrons. The number of aryl methyl sites for hydroxylation is 1. The number of esters is 1. The van der Waals surface area contributed by atoms with Gasteiger partial charge in [-0.05, 0) is 72.7 Å². The Morgan fingerprint density at radius 2 is 1.95 bits per heavy atom. The normalized spacial score (nSPS) is 12.3. The fourth-order valence-electron chi connectivity index (χ4n) is 4.30. The van der Waals surface area contributed by atoms with Crippen molar-refractivity contribution >= 4 is 27.4 Å². The first-order valence-corrected chi connectivity index (χ1v) is 14.0. The lowest BCUT2D eigenvalue weighted by atomic mass is 9.98. The summed E-state index contributed by atoms with van der Waals surface area (Å²) in [6.45, 7) is 5.96. The number of thiophene rings is 1. The van der Waals surface area contributed by atoms with Crippen molar-refractivity contribution < 1.29 is 29.2 Å². The van der Waals surface area contributed by atoms with Crippen LogP contribution < -0.4 is 9.47 Å². The molecule has 0 spiro atoms. The zero-order valence-electron chi connectivity index (χ0n) is 22.8. The molecule has 8 heteroatoms. The summed E-state index contributed by atoms with van der Waals surface area (Å²) in [5.74, 6) is 6.53. The number of benzene rings is 2. The van der Waals surface area contributed by atoms with E-state index in [4.69, 9.17) is 19.3 Å². The number of carbonyl (C=O) groups excluding carboxylic acids is 1. The lowest BCUT2D eigenvalue weighted by Gasteiger charge is -2.12. The first-order valence-electron chi connectivity index (χ1n) is 13.1. The van der Waals surface area contributed by atoms with Crippen LogP contribution in [-0.2, 0) is 16.1 Å². The molecule has 40 heavy (non-hydrogen) atoms. The average Bonchev–Trinajstić information content (AvgIpc) is 3.38. The van der Waals surface area contributed by atoms with E-state index >= 15 is 0 Å². The molecule has 4 aromatic rings. The largest absolute Gasteiger partial charge is 0.491 e. The highest BCUT2D eigenvalue weighted by Crippen LogP contribution is 2.37. The third-order valence-corrected chi connectivity index (χ3v) is 7.29. The number of hydrogen-bond donors (Lipinski definition) is 2. The Hall–Kier alpha value is -3.90. The van der Waals surface area contributed by atoms with Crippen molar-refractivity contribution in [3.05, 3.63) is 76.8 Å². The number of fused-ring (bicyclic) bond motifs is 1. The predicted molar refractivity (Wildman–Crippen MR) is 157 cm³/mol. The van der Waals surface area contributed by atoms with Gasteiger partial charge in [0.25, 0.3) is 0 Å². The van der Waals surface area contributed by atoms with Gasteiger partial charge in [-0.25, -0.2) is 4.98 Å². The minimum absolute atomic E-state index is 0.0403. The van der Waals surface area contributed by atoms with Gasteiger partial charge in [-0.2, -0.15) is 0 Å². The van der Waals surface area contributed by atoms with Crippen LogP contribution in [-0.4, -0.2) is 47.1 Å². The van der Waals surface area contributed by atoms with Crippen molar-refractivity contribution in [2.75, 3.05) is 19.8 Å². The SMILES string of the molecule is CC#CC(CC(=O)OCC)c1ccc(OCc2ccc3scc(-c4ccc(OC[C@@H](O)CO)cc4C)c3c2)nc1. The van der Waals surface area contributed by atoms with E-state index in [1.807, 2.05) is 31.2 Å². The summed E-state index contributed by atoms with van der Waals surface area (Å²) >= 11 is 1.69. The molecule has 0 bridgehead atoms. The van der Waals surface area contributed by atoms with Crippen LogP contribution in [0.2, 0.25) is 0 Å². The quantitative estimate of drug-likeness (QED) is 0.171. The van der Waals surface area contributed by atoms with E-state index in [1.165, 1.54) is 4.70 Å². The topological polar surface area (TPSA) is 98.1 Å². The van der Waals surface area contributed by atoms with Crippen molar-refractivity contribution in [3.8, 4) is 34.6 Å². The minimum Gasteiger partial charge on any atom is -0.491 e. The molecule has 7 nitrogen and oxygen atoms in total. The second-order valence-corrected chi connectivity index (χ2v) is 10.2. The van der Waals surface area contributed by atoms with Gasteiger partial charge in [0.1, 0.15) is 25.1 Å². The summed E-state index contributed by atoms with van der Waals surface area (Å²) in [5.41, 5.74) is 5.15. The van der Waals surface area contributed by atoms with Crippen molar-refractivity contribution in [3.63, 3.8) is 0 Å². The van der Waals surface area contributed by atoms with E-state index < -0.39 is 6.10 Å². The van der Waals surface area contributed by atoms with Gasteiger partial charge in [0.2, 0.25) is 5.88 Å². The van der Waals surface area contributed by atoms with Gasteiger partial charge in [0.15, 0.2) is 0 Å². The van der Waals surface area contributed by atoms with Crippen LogP contribution in [0.1, 0.15) is 42.9 Å². The van der Waals surface area contributed by atoms with Crippen LogP contribution in [0.4, 0.5) is 0 Å². The number of aliphatic hydroxyl groups is 2. The third-order valence-electron chi connectivity index (χ3n) is 6.32. The highest BCUT2D eigenvalue weighted by atomic mass is 32.1.